The van der Waals surface area contributed by atoms with E-state index in [0.29, 0.717) is 0 Å². The molecule has 1 aromatic carbocycles. The highest BCUT2D eigenvalue weighted by Gasteiger charge is 2.76. The summed E-state index contributed by atoms with van der Waals surface area (Å²) in [4.78, 5) is 10.9. The van der Waals surface area contributed by atoms with Crippen LogP contribution in [-0.2, 0) is 4.79 Å². The zero-order valence-electron chi connectivity index (χ0n) is 8.94. The summed E-state index contributed by atoms with van der Waals surface area (Å²) in [5, 5.41) is 1.29. The topological polar surface area (TPSA) is 29.1 Å². The molecule has 106 valence electrons. The molecule has 0 fully saturated rings. The van der Waals surface area contributed by atoms with Gasteiger partial charge in [0.05, 0.1) is 0 Å². The summed E-state index contributed by atoms with van der Waals surface area (Å²) in [7, 11) is 0. The van der Waals surface area contributed by atoms with Crippen molar-refractivity contribution in [2.24, 2.45) is 0 Å². The van der Waals surface area contributed by atoms with Crippen LogP contribution in [0.15, 0.2) is 30.3 Å². The maximum Gasteiger partial charge on any atom is 0.460 e. The SMILES string of the molecule is O=C(Nc1ccccc1)C(F)(F)C(F)(F)C(F)(F)F. The van der Waals surface area contributed by atoms with Gasteiger partial charge in [-0.2, -0.15) is 30.7 Å². The number of alkyl halides is 7. The molecule has 0 aliphatic heterocycles. The molecule has 19 heavy (non-hydrogen) atoms. The largest absolute Gasteiger partial charge is 0.460 e. The number of hydrogen-bond acceptors (Lipinski definition) is 1. The lowest BCUT2D eigenvalue weighted by molar-refractivity contribution is -0.343. The third-order valence-electron chi connectivity index (χ3n) is 2.07. The van der Waals surface area contributed by atoms with Crippen molar-refractivity contribution >= 4 is 11.6 Å². The van der Waals surface area contributed by atoms with Crippen LogP contribution in [0.1, 0.15) is 0 Å². The molecular weight excluding hydrogens is 283 g/mol. The van der Waals surface area contributed by atoms with Gasteiger partial charge in [0, 0.05) is 5.69 Å². The van der Waals surface area contributed by atoms with Gasteiger partial charge in [0.1, 0.15) is 0 Å². The quantitative estimate of drug-likeness (QED) is 0.848. The van der Waals surface area contributed by atoms with Crippen molar-refractivity contribution < 1.29 is 35.5 Å². The van der Waals surface area contributed by atoms with Crippen LogP contribution in [-0.4, -0.2) is 23.9 Å². The van der Waals surface area contributed by atoms with Gasteiger partial charge in [0.15, 0.2) is 0 Å². The van der Waals surface area contributed by atoms with Crippen LogP contribution in [0.25, 0.3) is 0 Å². The molecule has 1 amide bonds. The lowest BCUT2D eigenvalue weighted by Crippen LogP contribution is -2.57. The Hall–Kier alpha value is -1.80. The van der Waals surface area contributed by atoms with Crippen LogP contribution < -0.4 is 5.32 Å². The van der Waals surface area contributed by atoms with Crippen molar-refractivity contribution in [3.8, 4) is 0 Å². The summed E-state index contributed by atoms with van der Waals surface area (Å²) in [5.74, 6) is -15.1. The molecule has 0 aromatic heterocycles. The Morgan fingerprint density at radius 2 is 1.37 bits per heavy atom. The smallest absolute Gasteiger partial charge is 0.321 e. The van der Waals surface area contributed by atoms with E-state index in [-0.39, 0.29) is 5.69 Å². The fourth-order valence-corrected chi connectivity index (χ4v) is 1.05. The second kappa shape index (κ2) is 4.71. The molecule has 0 bridgehead atoms. The Morgan fingerprint density at radius 3 is 1.79 bits per heavy atom. The molecule has 0 aliphatic rings. The summed E-state index contributed by atoms with van der Waals surface area (Å²) in [6.45, 7) is 0. The molecule has 0 spiro atoms. The average Bonchev–Trinajstić information content (AvgIpc) is 2.28. The molecule has 1 N–H and O–H groups in total. The summed E-state index contributed by atoms with van der Waals surface area (Å²) >= 11 is 0. The molecule has 0 saturated heterocycles. The summed E-state index contributed by atoms with van der Waals surface area (Å²) in [6, 6.07) is 6.09. The van der Waals surface area contributed by atoms with E-state index in [1.54, 1.807) is 0 Å². The minimum absolute atomic E-state index is 0.329. The maximum atomic E-state index is 12.9. The number of carbonyl (C=O) groups excluding carboxylic acids is 1. The Labute approximate surface area is 102 Å². The van der Waals surface area contributed by atoms with Crippen LogP contribution in [0.4, 0.5) is 36.4 Å². The number of amides is 1. The number of rotatable bonds is 3. The van der Waals surface area contributed by atoms with E-state index < -0.39 is 23.9 Å². The van der Waals surface area contributed by atoms with Crippen LogP contribution in [0.5, 0.6) is 0 Å². The van der Waals surface area contributed by atoms with Crippen molar-refractivity contribution in [1.29, 1.82) is 0 Å². The normalized spacial score (nSPS) is 13.2. The molecule has 1 aromatic rings. The minimum Gasteiger partial charge on any atom is -0.321 e. The van der Waals surface area contributed by atoms with Crippen molar-refractivity contribution in [3.63, 3.8) is 0 Å². The van der Waals surface area contributed by atoms with Gasteiger partial charge in [-0.3, -0.25) is 4.79 Å². The van der Waals surface area contributed by atoms with Crippen molar-refractivity contribution in [2.75, 3.05) is 5.32 Å². The van der Waals surface area contributed by atoms with Gasteiger partial charge in [-0.25, -0.2) is 0 Å². The van der Waals surface area contributed by atoms with E-state index in [0.717, 1.165) is 12.1 Å². The first-order valence-corrected chi connectivity index (χ1v) is 4.69. The summed E-state index contributed by atoms with van der Waals surface area (Å²) in [5.41, 5.74) is -0.329. The van der Waals surface area contributed by atoms with Crippen molar-refractivity contribution in [3.05, 3.63) is 30.3 Å². The molecule has 0 heterocycles. The second-order valence-corrected chi connectivity index (χ2v) is 3.47. The van der Waals surface area contributed by atoms with E-state index in [4.69, 9.17) is 0 Å². The average molecular weight is 289 g/mol. The van der Waals surface area contributed by atoms with Gasteiger partial charge in [-0.05, 0) is 12.1 Å². The number of hydrogen-bond donors (Lipinski definition) is 1. The van der Waals surface area contributed by atoms with Gasteiger partial charge < -0.3 is 5.32 Å². The Bertz CT molecular complexity index is 455. The summed E-state index contributed by atoms with van der Waals surface area (Å²) in [6.07, 6.45) is -6.54. The predicted octanol–water partition coefficient (Wildman–Crippen LogP) is 3.46. The van der Waals surface area contributed by atoms with E-state index in [2.05, 4.69) is 0 Å². The molecule has 0 aliphatic carbocycles. The van der Waals surface area contributed by atoms with E-state index in [1.165, 1.54) is 23.5 Å². The standard InChI is InChI=1S/C10H6F7NO/c11-8(12,9(13,14)10(15,16)17)7(19)18-6-4-2-1-3-5-6/h1-5H,(H,18,19). The highest BCUT2D eigenvalue weighted by molar-refractivity contribution is 5.96. The number of para-hydroxylation sites is 1. The molecule has 0 radical (unpaired) electrons. The zero-order valence-corrected chi connectivity index (χ0v) is 8.94. The second-order valence-electron chi connectivity index (χ2n) is 3.47. The first-order chi connectivity index (χ1) is 8.50. The van der Waals surface area contributed by atoms with E-state index in [9.17, 15) is 35.5 Å². The van der Waals surface area contributed by atoms with Crippen LogP contribution in [0.2, 0.25) is 0 Å². The van der Waals surface area contributed by atoms with Gasteiger partial charge in [-0.15, -0.1) is 0 Å². The maximum absolute atomic E-state index is 12.9. The molecule has 0 atom stereocenters. The van der Waals surface area contributed by atoms with Gasteiger partial charge >= 0.3 is 23.9 Å². The Balaban J connectivity index is 2.98. The Morgan fingerprint density at radius 1 is 0.895 bits per heavy atom. The van der Waals surface area contributed by atoms with E-state index >= 15 is 0 Å². The van der Waals surface area contributed by atoms with Gasteiger partial charge in [0.2, 0.25) is 0 Å². The van der Waals surface area contributed by atoms with Gasteiger partial charge in [0.25, 0.3) is 0 Å². The monoisotopic (exact) mass is 289 g/mol. The lowest BCUT2D eigenvalue weighted by atomic mass is 10.1. The van der Waals surface area contributed by atoms with Gasteiger partial charge in [-0.1, -0.05) is 18.2 Å². The number of benzene rings is 1. The number of anilines is 1. The van der Waals surface area contributed by atoms with Crippen molar-refractivity contribution in [2.45, 2.75) is 18.0 Å². The third-order valence-corrected chi connectivity index (χ3v) is 2.07. The Kier molecular flexibility index (Phi) is 3.78. The van der Waals surface area contributed by atoms with Crippen LogP contribution in [0.3, 0.4) is 0 Å². The molecule has 2 nitrogen and oxygen atoms in total. The zero-order chi connectivity index (χ0) is 14.9. The molecular formula is C10H6F7NO. The predicted molar refractivity (Wildman–Crippen MR) is 51.0 cm³/mol. The lowest BCUT2D eigenvalue weighted by Gasteiger charge is -2.27. The first kappa shape index (κ1) is 15.3. The molecule has 1 rings (SSSR count). The summed E-state index contributed by atoms with van der Waals surface area (Å²) < 4.78 is 86.3. The fraction of sp³-hybridized carbons (Fsp3) is 0.300. The molecule has 9 heteroatoms. The number of nitrogens with one attached hydrogen (secondary N) is 1. The fourth-order valence-electron chi connectivity index (χ4n) is 1.05. The third kappa shape index (κ3) is 2.79. The van der Waals surface area contributed by atoms with E-state index in [1.807, 2.05) is 0 Å². The number of halogens is 7. The highest BCUT2D eigenvalue weighted by atomic mass is 19.4. The number of carbonyl (C=O) groups is 1. The minimum atomic E-state index is -6.54. The van der Waals surface area contributed by atoms with Crippen molar-refractivity contribution in [1.82, 2.24) is 0 Å². The molecule has 0 unspecified atom stereocenters. The first-order valence-electron chi connectivity index (χ1n) is 4.69. The highest BCUT2D eigenvalue weighted by Crippen LogP contribution is 2.46. The molecule has 0 saturated carbocycles. The van der Waals surface area contributed by atoms with Crippen LogP contribution >= 0.6 is 0 Å². The van der Waals surface area contributed by atoms with Crippen LogP contribution in [0, 0.1) is 0 Å².